The lowest BCUT2D eigenvalue weighted by Gasteiger charge is -2.21. The maximum atomic E-state index is 11.8. The van der Waals surface area contributed by atoms with E-state index >= 15 is 0 Å². The highest BCUT2D eigenvalue weighted by Gasteiger charge is 2.14. The maximum Gasteiger partial charge on any atom is 0.230 e. The van der Waals surface area contributed by atoms with E-state index in [4.69, 9.17) is 0 Å². The van der Waals surface area contributed by atoms with E-state index in [0.717, 1.165) is 37.2 Å². The minimum absolute atomic E-state index is 0.105. The summed E-state index contributed by atoms with van der Waals surface area (Å²) < 4.78 is 0. The zero-order valence-corrected chi connectivity index (χ0v) is 12.1. The predicted octanol–water partition coefficient (Wildman–Crippen LogP) is 1.49. The standard InChI is InChI=1S/C14H21N3OS/c1-11-3-2-6-16-13(11)9-17-14(18)10-19-12-4-7-15-8-5-12/h2-3,6,12,15H,4-5,7-10H2,1H3,(H,17,18). The minimum Gasteiger partial charge on any atom is -0.350 e. The van der Waals surface area contributed by atoms with Crippen LogP contribution >= 0.6 is 11.8 Å². The van der Waals surface area contributed by atoms with Gasteiger partial charge in [0, 0.05) is 11.4 Å². The van der Waals surface area contributed by atoms with Crippen molar-refractivity contribution in [3.05, 3.63) is 29.6 Å². The second kappa shape index (κ2) is 7.50. The third-order valence-corrected chi connectivity index (χ3v) is 4.68. The Morgan fingerprint density at radius 2 is 2.32 bits per heavy atom. The van der Waals surface area contributed by atoms with Crippen LogP contribution in [0.4, 0.5) is 0 Å². The first-order valence-corrected chi connectivity index (χ1v) is 7.80. The Balaban J connectivity index is 1.68. The Bertz CT molecular complexity index is 419. The predicted molar refractivity (Wildman–Crippen MR) is 79.2 cm³/mol. The van der Waals surface area contributed by atoms with Crippen LogP contribution in [0.3, 0.4) is 0 Å². The van der Waals surface area contributed by atoms with Gasteiger partial charge in [0.1, 0.15) is 0 Å². The van der Waals surface area contributed by atoms with Gasteiger partial charge in [-0.3, -0.25) is 9.78 Å². The van der Waals surface area contributed by atoms with Crippen molar-refractivity contribution in [3.63, 3.8) is 0 Å². The summed E-state index contributed by atoms with van der Waals surface area (Å²) >= 11 is 1.77. The average Bonchev–Trinajstić information content (AvgIpc) is 2.45. The molecule has 1 aliphatic heterocycles. The monoisotopic (exact) mass is 279 g/mol. The number of pyridine rings is 1. The maximum absolute atomic E-state index is 11.8. The van der Waals surface area contributed by atoms with Crippen molar-refractivity contribution in [2.75, 3.05) is 18.8 Å². The molecule has 0 aliphatic carbocycles. The quantitative estimate of drug-likeness (QED) is 0.857. The van der Waals surface area contributed by atoms with E-state index in [-0.39, 0.29) is 5.91 Å². The molecule has 0 radical (unpaired) electrons. The summed E-state index contributed by atoms with van der Waals surface area (Å²) in [6.45, 7) is 4.69. The Hall–Kier alpha value is -1.07. The molecule has 2 rings (SSSR count). The summed E-state index contributed by atoms with van der Waals surface area (Å²) in [7, 11) is 0. The van der Waals surface area contributed by atoms with Crippen molar-refractivity contribution in [1.82, 2.24) is 15.6 Å². The Kier molecular flexibility index (Phi) is 5.66. The fourth-order valence-corrected chi connectivity index (χ4v) is 3.15. The van der Waals surface area contributed by atoms with Gasteiger partial charge in [-0.15, -0.1) is 11.8 Å². The molecular weight excluding hydrogens is 258 g/mol. The third kappa shape index (κ3) is 4.84. The molecule has 0 bridgehead atoms. The van der Waals surface area contributed by atoms with Gasteiger partial charge in [0.2, 0.25) is 5.91 Å². The van der Waals surface area contributed by atoms with E-state index in [1.165, 1.54) is 0 Å². The first kappa shape index (κ1) is 14.3. The fraction of sp³-hybridized carbons (Fsp3) is 0.571. The number of carbonyl (C=O) groups is 1. The van der Waals surface area contributed by atoms with E-state index in [9.17, 15) is 4.79 Å². The topological polar surface area (TPSA) is 54.0 Å². The number of carbonyl (C=O) groups excluding carboxylic acids is 1. The number of hydrogen-bond donors (Lipinski definition) is 2. The summed E-state index contributed by atoms with van der Waals surface area (Å²) in [5, 5.41) is 6.90. The molecule has 1 aromatic heterocycles. The zero-order chi connectivity index (χ0) is 13.5. The Labute approximate surface area is 118 Å². The summed E-state index contributed by atoms with van der Waals surface area (Å²) in [4.78, 5) is 16.1. The number of thioether (sulfide) groups is 1. The van der Waals surface area contributed by atoms with Crippen molar-refractivity contribution in [3.8, 4) is 0 Å². The van der Waals surface area contributed by atoms with Crippen LogP contribution in [0.1, 0.15) is 24.1 Å². The van der Waals surface area contributed by atoms with Crippen molar-refractivity contribution < 1.29 is 4.79 Å². The highest BCUT2D eigenvalue weighted by Crippen LogP contribution is 2.19. The van der Waals surface area contributed by atoms with Crippen LogP contribution in [0.5, 0.6) is 0 Å². The van der Waals surface area contributed by atoms with Gasteiger partial charge in [-0.25, -0.2) is 0 Å². The summed E-state index contributed by atoms with van der Waals surface area (Å²) in [5.74, 6) is 0.657. The summed E-state index contributed by atoms with van der Waals surface area (Å²) in [6.07, 6.45) is 4.09. The lowest BCUT2D eigenvalue weighted by Crippen LogP contribution is -2.31. The molecule has 104 valence electrons. The first-order chi connectivity index (χ1) is 9.25. The van der Waals surface area contributed by atoms with Gasteiger partial charge in [0.25, 0.3) is 0 Å². The number of piperidine rings is 1. The normalized spacial score (nSPS) is 16.3. The van der Waals surface area contributed by atoms with E-state index in [1.807, 2.05) is 19.1 Å². The summed E-state index contributed by atoms with van der Waals surface area (Å²) in [5.41, 5.74) is 2.07. The van der Waals surface area contributed by atoms with Crippen LogP contribution in [0.15, 0.2) is 18.3 Å². The van der Waals surface area contributed by atoms with E-state index in [0.29, 0.717) is 17.5 Å². The molecule has 1 aromatic rings. The van der Waals surface area contributed by atoms with E-state index in [1.54, 1.807) is 18.0 Å². The molecule has 5 heteroatoms. The number of hydrogen-bond acceptors (Lipinski definition) is 4. The molecule has 2 N–H and O–H groups in total. The van der Waals surface area contributed by atoms with Crippen LogP contribution in [0.25, 0.3) is 0 Å². The molecule has 0 unspecified atom stereocenters. The second-order valence-corrected chi connectivity index (χ2v) is 6.09. The van der Waals surface area contributed by atoms with Crippen molar-refractivity contribution in [2.24, 2.45) is 0 Å². The highest BCUT2D eigenvalue weighted by molar-refractivity contribution is 8.00. The molecule has 1 fully saturated rings. The van der Waals surface area contributed by atoms with Crippen molar-refractivity contribution >= 4 is 17.7 Å². The molecule has 0 aromatic carbocycles. The van der Waals surface area contributed by atoms with Crippen LogP contribution in [0, 0.1) is 6.92 Å². The molecule has 4 nitrogen and oxygen atoms in total. The SMILES string of the molecule is Cc1cccnc1CNC(=O)CSC1CCNCC1. The number of amides is 1. The van der Waals surface area contributed by atoms with Gasteiger partial charge in [-0.1, -0.05) is 6.07 Å². The minimum atomic E-state index is 0.105. The molecule has 0 saturated carbocycles. The number of aryl methyl sites for hydroxylation is 1. The largest absolute Gasteiger partial charge is 0.350 e. The van der Waals surface area contributed by atoms with Crippen LogP contribution in [-0.2, 0) is 11.3 Å². The van der Waals surface area contributed by atoms with E-state index in [2.05, 4.69) is 15.6 Å². The number of nitrogens with one attached hydrogen (secondary N) is 2. The Morgan fingerprint density at radius 1 is 1.53 bits per heavy atom. The van der Waals surface area contributed by atoms with Crippen molar-refractivity contribution in [1.29, 1.82) is 0 Å². The van der Waals surface area contributed by atoms with Crippen LogP contribution < -0.4 is 10.6 Å². The fourth-order valence-electron chi connectivity index (χ4n) is 2.09. The number of aromatic nitrogens is 1. The number of nitrogens with zero attached hydrogens (tertiary/aromatic N) is 1. The van der Waals surface area contributed by atoms with Gasteiger partial charge in [-0.05, 0) is 44.5 Å². The second-order valence-electron chi connectivity index (χ2n) is 4.80. The Morgan fingerprint density at radius 3 is 3.05 bits per heavy atom. The summed E-state index contributed by atoms with van der Waals surface area (Å²) in [6, 6.07) is 3.92. The van der Waals surface area contributed by atoms with Gasteiger partial charge < -0.3 is 10.6 Å². The van der Waals surface area contributed by atoms with Crippen LogP contribution in [-0.4, -0.2) is 35.0 Å². The average molecular weight is 279 g/mol. The molecule has 1 saturated heterocycles. The van der Waals surface area contributed by atoms with E-state index < -0.39 is 0 Å². The molecule has 0 spiro atoms. The zero-order valence-electron chi connectivity index (χ0n) is 11.3. The van der Waals surface area contributed by atoms with Crippen LogP contribution in [0.2, 0.25) is 0 Å². The molecule has 1 amide bonds. The van der Waals surface area contributed by atoms with Crippen molar-refractivity contribution in [2.45, 2.75) is 31.6 Å². The first-order valence-electron chi connectivity index (χ1n) is 6.75. The lowest BCUT2D eigenvalue weighted by molar-refractivity contribution is -0.118. The smallest absolute Gasteiger partial charge is 0.230 e. The highest BCUT2D eigenvalue weighted by atomic mass is 32.2. The van der Waals surface area contributed by atoms with Gasteiger partial charge >= 0.3 is 0 Å². The molecule has 19 heavy (non-hydrogen) atoms. The van der Waals surface area contributed by atoms with Gasteiger partial charge in [0.05, 0.1) is 18.0 Å². The molecule has 2 heterocycles. The lowest BCUT2D eigenvalue weighted by atomic mass is 10.2. The van der Waals surface area contributed by atoms with Gasteiger partial charge in [0.15, 0.2) is 0 Å². The third-order valence-electron chi connectivity index (χ3n) is 3.31. The molecule has 1 aliphatic rings. The van der Waals surface area contributed by atoms with Gasteiger partial charge in [-0.2, -0.15) is 0 Å². The molecular formula is C14H21N3OS. The number of rotatable bonds is 5. The molecule has 0 atom stereocenters.